The lowest BCUT2D eigenvalue weighted by Gasteiger charge is -2.38. The van der Waals surface area contributed by atoms with E-state index < -0.39 is 11.4 Å². The molecule has 41 heavy (non-hydrogen) atoms. The monoisotopic (exact) mass is 557 g/mol. The van der Waals surface area contributed by atoms with Crippen LogP contribution in [0, 0.1) is 12.7 Å². The molecule has 1 aliphatic heterocycles. The minimum atomic E-state index is -0.918. The third kappa shape index (κ3) is 5.34. The first-order valence-electron chi connectivity index (χ1n) is 13.7. The molecule has 0 bridgehead atoms. The number of aromatic nitrogens is 6. The van der Waals surface area contributed by atoms with Crippen LogP contribution in [0.4, 0.5) is 21.7 Å². The van der Waals surface area contributed by atoms with Crippen LogP contribution < -0.4 is 10.6 Å². The van der Waals surface area contributed by atoms with Gasteiger partial charge in [-0.1, -0.05) is 6.07 Å². The van der Waals surface area contributed by atoms with Crippen LogP contribution in [-0.4, -0.2) is 54.8 Å². The number of amides is 1. The Bertz CT molecular complexity index is 1590. The smallest absolute Gasteiger partial charge is 0.252 e. The molecule has 4 aromatic heterocycles. The quantitative estimate of drug-likeness (QED) is 0.284. The van der Waals surface area contributed by atoms with E-state index in [1.54, 1.807) is 19.4 Å². The van der Waals surface area contributed by atoms with Crippen LogP contribution >= 0.6 is 0 Å². The van der Waals surface area contributed by atoms with E-state index in [0.717, 1.165) is 53.7 Å². The summed E-state index contributed by atoms with van der Waals surface area (Å²) in [7, 11) is 1.60. The summed E-state index contributed by atoms with van der Waals surface area (Å²) in [6.07, 6.45) is 9.40. The standard InChI is InChI=1S/C29H32FN9O2/c1-17-12-24(38-37-17)36-27-26-20(8-11-31-26)13-23(35-27)19-6-9-29(41-3,10-7-19)28(40)34-18(2)21-4-5-25(32-14-21)39-16-22(30)15-33-39/h4-5,11-16,18-19H,6-10H2,1-3H3,(H,34,40)(H2,35,36,37,38)/t18-,19?,29?/m0/s1. The number of carbonyl (C=O) groups excluding carboxylic acids is 1. The molecule has 11 nitrogen and oxygen atoms in total. The van der Waals surface area contributed by atoms with E-state index in [1.807, 2.05) is 32.2 Å². The highest BCUT2D eigenvalue weighted by Gasteiger charge is 2.43. The van der Waals surface area contributed by atoms with E-state index in [4.69, 9.17) is 9.72 Å². The Morgan fingerprint density at radius 3 is 2.73 bits per heavy atom. The summed E-state index contributed by atoms with van der Waals surface area (Å²) < 4.78 is 20.5. The molecule has 0 unspecified atom stereocenters. The molecule has 0 spiro atoms. The number of hydrogen-bond donors (Lipinski definition) is 3. The Balaban J connectivity index is 1.12. The molecule has 0 aromatic carbocycles. The van der Waals surface area contributed by atoms with Gasteiger partial charge in [-0.15, -0.1) is 0 Å². The number of aromatic amines is 1. The summed E-state index contributed by atoms with van der Waals surface area (Å²) in [6.45, 7) is 3.85. The average molecular weight is 558 g/mol. The molecule has 1 fully saturated rings. The van der Waals surface area contributed by atoms with Crippen molar-refractivity contribution in [2.45, 2.75) is 63.5 Å². The van der Waals surface area contributed by atoms with Gasteiger partial charge in [0, 0.05) is 49.3 Å². The zero-order valence-corrected chi connectivity index (χ0v) is 23.2. The maximum absolute atomic E-state index is 13.5. The Morgan fingerprint density at radius 2 is 2.07 bits per heavy atom. The summed E-state index contributed by atoms with van der Waals surface area (Å²) in [5.74, 6) is 1.51. The number of H-pyrrole nitrogens is 1. The van der Waals surface area contributed by atoms with Crippen LogP contribution in [-0.2, 0) is 16.0 Å². The zero-order valence-electron chi connectivity index (χ0n) is 23.2. The minimum Gasteiger partial charge on any atom is -0.368 e. The summed E-state index contributed by atoms with van der Waals surface area (Å²) >= 11 is 0. The van der Waals surface area contributed by atoms with Crippen molar-refractivity contribution in [3.8, 4) is 5.82 Å². The van der Waals surface area contributed by atoms with Gasteiger partial charge >= 0.3 is 0 Å². The van der Waals surface area contributed by atoms with Gasteiger partial charge in [0.25, 0.3) is 5.91 Å². The largest absolute Gasteiger partial charge is 0.368 e. The number of anilines is 2. The van der Waals surface area contributed by atoms with Crippen molar-refractivity contribution in [1.29, 1.82) is 0 Å². The highest BCUT2D eigenvalue weighted by Crippen LogP contribution is 2.42. The highest BCUT2D eigenvalue weighted by atomic mass is 19.1. The molecule has 2 aliphatic rings. The van der Waals surface area contributed by atoms with Crippen LogP contribution in [0.2, 0.25) is 0 Å². The van der Waals surface area contributed by atoms with E-state index in [-0.39, 0.29) is 17.9 Å². The summed E-state index contributed by atoms with van der Waals surface area (Å²) in [4.78, 5) is 27.4. The fourth-order valence-electron chi connectivity index (χ4n) is 5.58. The van der Waals surface area contributed by atoms with Crippen LogP contribution in [0.5, 0.6) is 0 Å². The number of nitrogens with zero attached hydrogens (tertiary/aromatic N) is 6. The molecule has 1 atom stereocenters. The van der Waals surface area contributed by atoms with Gasteiger partial charge in [-0.05, 0) is 62.8 Å². The van der Waals surface area contributed by atoms with Gasteiger partial charge in [-0.2, -0.15) is 10.2 Å². The number of aryl methyl sites for hydroxylation is 1. The van der Waals surface area contributed by atoms with E-state index in [2.05, 4.69) is 42.0 Å². The van der Waals surface area contributed by atoms with Gasteiger partial charge in [-0.3, -0.25) is 14.9 Å². The maximum Gasteiger partial charge on any atom is 0.252 e. The van der Waals surface area contributed by atoms with Crippen molar-refractivity contribution in [2.75, 3.05) is 12.4 Å². The SMILES string of the molecule is COC1(C(=O)N[C@@H](C)c2ccc(-n3cc(F)cn3)nc2)CCC(c2cc3c(c(Nc4cc(C)[nH]n4)n2)N=CC3)CC1. The molecule has 6 rings (SSSR count). The second-order valence-corrected chi connectivity index (χ2v) is 10.7. The number of aliphatic imine (C=N–C) groups is 1. The molecular weight excluding hydrogens is 525 g/mol. The molecule has 212 valence electrons. The Labute approximate surface area is 236 Å². The fourth-order valence-corrected chi connectivity index (χ4v) is 5.58. The van der Waals surface area contributed by atoms with Crippen LogP contribution in [0.1, 0.15) is 67.1 Å². The number of ether oxygens (including phenoxy) is 1. The van der Waals surface area contributed by atoms with Gasteiger partial charge in [0.1, 0.15) is 11.3 Å². The number of rotatable bonds is 8. The second kappa shape index (κ2) is 10.8. The zero-order chi connectivity index (χ0) is 28.6. The summed E-state index contributed by atoms with van der Waals surface area (Å²) in [5, 5.41) is 17.6. The van der Waals surface area contributed by atoms with Crippen molar-refractivity contribution in [1.82, 2.24) is 35.3 Å². The number of fused-ring (bicyclic) bond motifs is 1. The first-order valence-corrected chi connectivity index (χ1v) is 13.7. The average Bonchev–Trinajstić information content (AvgIpc) is 3.74. The van der Waals surface area contributed by atoms with Crippen LogP contribution in [0.3, 0.4) is 0 Å². The summed E-state index contributed by atoms with van der Waals surface area (Å²) in [5.41, 5.74) is 3.84. The van der Waals surface area contributed by atoms with E-state index in [1.165, 1.54) is 10.9 Å². The molecular formula is C29H32FN9O2. The Hall–Kier alpha value is -4.45. The van der Waals surface area contributed by atoms with Crippen LogP contribution in [0.25, 0.3) is 5.82 Å². The summed E-state index contributed by atoms with van der Waals surface area (Å²) in [6, 6.07) is 7.37. The molecule has 12 heteroatoms. The van der Waals surface area contributed by atoms with Gasteiger partial charge in [0.05, 0.1) is 18.4 Å². The first kappa shape index (κ1) is 26.8. The number of halogens is 1. The molecule has 3 N–H and O–H groups in total. The van der Waals surface area contributed by atoms with E-state index >= 15 is 0 Å². The molecule has 4 aromatic rings. The lowest BCUT2D eigenvalue weighted by molar-refractivity contribution is -0.148. The lowest BCUT2D eigenvalue weighted by Crippen LogP contribution is -2.50. The molecule has 0 saturated heterocycles. The predicted octanol–water partition coefficient (Wildman–Crippen LogP) is 4.76. The van der Waals surface area contributed by atoms with Gasteiger partial charge in [-0.25, -0.2) is 19.0 Å². The number of pyridine rings is 2. The van der Waals surface area contributed by atoms with Crippen molar-refractivity contribution in [3.63, 3.8) is 0 Å². The first-order chi connectivity index (χ1) is 19.8. The van der Waals surface area contributed by atoms with Crippen molar-refractivity contribution < 1.29 is 13.9 Å². The number of nitrogens with one attached hydrogen (secondary N) is 3. The van der Waals surface area contributed by atoms with Crippen molar-refractivity contribution in [3.05, 3.63) is 71.2 Å². The molecule has 1 aliphatic carbocycles. The number of hydrogen-bond acceptors (Lipinski definition) is 8. The van der Waals surface area contributed by atoms with Gasteiger partial charge in [0.15, 0.2) is 23.3 Å². The third-order valence-corrected chi connectivity index (χ3v) is 8.00. The molecule has 1 saturated carbocycles. The maximum atomic E-state index is 13.5. The van der Waals surface area contributed by atoms with E-state index in [0.29, 0.717) is 30.3 Å². The van der Waals surface area contributed by atoms with Gasteiger partial charge < -0.3 is 15.4 Å². The van der Waals surface area contributed by atoms with E-state index in [9.17, 15) is 9.18 Å². The third-order valence-electron chi connectivity index (χ3n) is 8.00. The number of carbonyl (C=O) groups is 1. The van der Waals surface area contributed by atoms with Gasteiger partial charge in [0.2, 0.25) is 0 Å². The van der Waals surface area contributed by atoms with Crippen molar-refractivity contribution in [2.24, 2.45) is 4.99 Å². The Morgan fingerprint density at radius 1 is 1.24 bits per heavy atom. The predicted molar refractivity (Wildman–Crippen MR) is 152 cm³/mol. The normalized spacial score (nSPS) is 20.5. The highest BCUT2D eigenvalue weighted by molar-refractivity contribution is 5.86. The fraction of sp³-hybridized carbons (Fsp3) is 0.379. The lowest BCUT2D eigenvalue weighted by atomic mass is 9.76. The Kier molecular flexibility index (Phi) is 7.08. The molecule has 5 heterocycles. The van der Waals surface area contributed by atoms with Crippen LogP contribution in [0.15, 0.2) is 47.8 Å². The second-order valence-electron chi connectivity index (χ2n) is 10.7. The van der Waals surface area contributed by atoms with Crippen molar-refractivity contribution >= 4 is 29.4 Å². The minimum absolute atomic E-state index is 0.143. The molecule has 1 amide bonds. The number of methoxy groups -OCH3 is 1. The topological polar surface area (TPSA) is 135 Å². The molecule has 0 radical (unpaired) electrons.